The summed E-state index contributed by atoms with van der Waals surface area (Å²) in [6.45, 7) is 3.93. The SMILES string of the molecule is Cc1ccc(S(=O)(=O)NCCNC(=O)c2ccc(F)cc2)cc1C. The number of rotatable bonds is 6. The lowest BCUT2D eigenvalue weighted by Crippen LogP contribution is -2.34. The zero-order valence-corrected chi connectivity index (χ0v) is 14.3. The molecule has 5 nitrogen and oxygen atoms in total. The van der Waals surface area contributed by atoms with Gasteiger partial charge in [0.25, 0.3) is 5.91 Å². The van der Waals surface area contributed by atoms with Gasteiger partial charge in [-0.3, -0.25) is 4.79 Å². The number of hydrogen-bond donors (Lipinski definition) is 2. The highest BCUT2D eigenvalue weighted by Gasteiger charge is 2.14. The molecule has 0 aliphatic rings. The largest absolute Gasteiger partial charge is 0.351 e. The fourth-order valence-corrected chi connectivity index (χ4v) is 3.15. The summed E-state index contributed by atoms with van der Waals surface area (Å²) in [5.74, 6) is -0.812. The van der Waals surface area contributed by atoms with Crippen LogP contribution in [0.3, 0.4) is 0 Å². The molecule has 0 aliphatic heterocycles. The Morgan fingerprint density at radius 3 is 2.29 bits per heavy atom. The maximum absolute atomic E-state index is 12.8. The van der Waals surface area contributed by atoms with Crippen LogP contribution in [0, 0.1) is 19.7 Å². The van der Waals surface area contributed by atoms with Crippen molar-refractivity contribution in [2.45, 2.75) is 18.7 Å². The van der Waals surface area contributed by atoms with Gasteiger partial charge in [0.1, 0.15) is 5.82 Å². The van der Waals surface area contributed by atoms with Gasteiger partial charge in [-0.2, -0.15) is 0 Å². The lowest BCUT2D eigenvalue weighted by Gasteiger charge is -2.09. The number of aryl methyl sites for hydroxylation is 2. The molecule has 0 aliphatic carbocycles. The van der Waals surface area contributed by atoms with Crippen molar-refractivity contribution in [1.82, 2.24) is 10.0 Å². The van der Waals surface area contributed by atoms with Gasteiger partial charge in [-0.1, -0.05) is 6.07 Å². The number of halogens is 1. The van der Waals surface area contributed by atoms with E-state index >= 15 is 0 Å². The third-order valence-corrected chi connectivity index (χ3v) is 5.06. The number of hydrogen-bond acceptors (Lipinski definition) is 3. The predicted octanol–water partition coefficient (Wildman–Crippen LogP) is 2.15. The molecule has 0 aromatic heterocycles. The standard InChI is InChI=1S/C17H19FN2O3S/c1-12-3-8-16(11-13(12)2)24(22,23)20-10-9-19-17(21)14-4-6-15(18)7-5-14/h3-8,11,20H,9-10H2,1-2H3,(H,19,21). The number of amides is 1. The molecule has 0 bridgehead atoms. The summed E-state index contributed by atoms with van der Waals surface area (Å²) in [4.78, 5) is 12.0. The van der Waals surface area contributed by atoms with Crippen LogP contribution < -0.4 is 10.0 Å². The molecule has 0 atom stereocenters. The lowest BCUT2D eigenvalue weighted by molar-refractivity contribution is 0.0954. The molecular weight excluding hydrogens is 331 g/mol. The molecule has 128 valence electrons. The van der Waals surface area contributed by atoms with Crippen LogP contribution in [0.2, 0.25) is 0 Å². The van der Waals surface area contributed by atoms with Gasteiger partial charge >= 0.3 is 0 Å². The van der Waals surface area contributed by atoms with Crippen LogP contribution in [0.25, 0.3) is 0 Å². The van der Waals surface area contributed by atoms with Crippen LogP contribution in [0.5, 0.6) is 0 Å². The molecule has 0 heterocycles. The Balaban J connectivity index is 1.87. The van der Waals surface area contributed by atoms with Crippen LogP contribution in [-0.4, -0.2) is 27.4 Å². The van der Waals surface area contributed by atoms with Crippen molar-refractivity contribution in [3.05, 3.63) is 65.0 Å². The highest BCUT2D eigenvalue weighted by Crippen LogP contribution is 2.14. The fraction of sp³-hybridized carbons (Fsp3) is 0.235. The maximum Gasteiger partial charge on any atom is 0.251 e. The van der Waals surface area contributed by atoms with E-state index in [4.69, 9.17) is 0 Å². The molecule has 2 rings (SSSR count). The van der Waals surface area contributed by atoms with E-state index in [1.54, 1.807) is 18.2 Å². The topological polar surface area (TPSA) is 75.3 Å². The van der Waals surface area contributed by atoms with Gasteiger partial charge in [-0.15, -0.1) is 0 Å². The van der Waals surface area contributed by atoms with E-state index in [1.165, 1.54) is 24.3 Å². The first-order valence-electron chi connectivity index (χ1n) is 7.40. The van der Waals surface area contributed by atoms with Crippen molar-refractivity contribution in [3.63, 3.8) is 0 Å². The highest BCUT2D eigenvalue weighted by molar-refractivity contribution is 7.89. The average molecular weight is 350 g/mol. The zero-order chi connectivity index (χ0) is 17.7. The number of carbonyl (C=O) groups is 1. The van der Waals surface area contributed by atoms with Crippen molar-refractivity contribution in [3.8, 4) is 0 Å². The van der Waals surface area contributed by atoms with E-state index in [0.717, 1.165) is 11.1 Å². The van der Waals surface area contributed by atoms with Crippen molar-refractivity contribution >= 4 is 15.9 Å². The second kappa shape index (κ2) is 7.55. The summed E-state index contributed by atoms with van der Waals surface area (Å²) in [6, 6.07) is 10.0. The molecule has 0 saturated heterocycles. The van der Waals surface area contributed by atoms with Gasteiger partial charge in [-0.25, -0.2) is 17.5 Å². The van der Waals surface area contributed by atoms with Gasteiger partial charge in [0, 0.05) is 18.7 Å². The van der Waals surface area contributed by atoms with Crippen LogP contribution >= 0.6 is 0 Å². The Morgan fingerprint density at radius 2 is 1.67 bits per heavy atom. The third-order valence-electron chi connectivity index (χ3n) is 3.60. The van der Waals surface area contributed by atoms with Crippen LogP contribution in [0.1, 0.15) is 21.5 Å². The molecular formula is C17H19FN2O3S. The second-order valence-electron chi connectivity index (χ2n) is 5.41. The van der Waals surface area contributed by atoms with Crippen molar-refractivity contribution in [1.29, 1.82) is 0 Å². The van der Waals surface area contributed by atoms with E-state index in [1.807, 2.05) is 13.8 Å². The second-order valence-corrected chi connectivity index (χ2v) is 7.17. The zero-order valence-electron chi connectivity index (χ0n) is 13.5. The van der Waals surface area contributed by atoms with E-state index in [9.17, 15) is 17.6 Å². The third kappa shape index (κ3) is 4.62. The van der Waals surface area contributed by atoms with Crippen LogP contribution in [0.4, 0.5) is 4.39 Å². The Morgan fingerprint density at radius 1 is 1.00 bits per heavy atom. The molecule has 0 radical (unpaired) electrons. The highest BCUT2D eigenvalue weighted by atomic mass is 32.2. The molecule has 2 aromatic carbocycles. The molecule has 0 unspecified atom stereocenters. The molecule has 1 amide bonds. The van der Waals surface area contributed by atoms with E-state index < -0.39 is 15.8 Å². The average Bonchev–Trinajstić information content (AvgIpc) is 2.54. The van der Waals surface area contributed by atoms with Gasteiger partial charge in [0.15, 0.2) is 0 Å². The molecule has 2 aromatic rings. The number of carbonyl (C=O) groups excluding carboxylic acids is 1. The Hall–Kier alpha value is -2.25. The number of benzene rings is 2. The molecule has 24 heavy (non-hydrogen) atoms. The maximum atomic E-state index is 12.8. The molecule has 0 spiro atoms. The Labute approximate surface area is 141 Å². The Kier molecular flexibility index (Phi) is 5.69. The minimum absolute atomic E-state index is 0.0577. The van der Waals surface area contributed by atoms with Gasteiger partial charge in [0.2, 0.25) is 10.0 Å². The van der Waals surface area contributed by atoms with Gasteiger partial charge in [-0.05, 0) is 61.4 Å². The first kappa shape index (κ1) is 18.1. The van der Waals surface area contributed by atoms with Crippen molar-refractivity contribution in [2.75, 3.05) is 13.1 Å². The molecule has 7 heteroatoms. The van der Waals surface area contributed by atoms with Crippen molar-refractivity contribution < 1.29 is 17.6 Å². The van der Waals surface area contributed by atoms with Crippen LogP contribution in [0.15, 0.2) is 47.4 Å². The lowest BCUT2D eigenvalue weighted by atomic mass is 10.1. The summed E-state index contributed by atoms with van der Waals surface area (Å²) >= 11 is 0. The van der Waals surface area contributed by atoms with Gasteiger partial charge < -0.3 is 5.32 Å². The summed E-state index contributed by atoms with van der Waals surface area (Å²) in [6.07, 6.45) is 0. The van der Waals surface area contributed by atoms with E-state index in [2.05, 4.69) is 10.0 Å². The van der Waals surface area contributed by atoms with E-state index in [-0.39, 0.29) is 23.9 Å². The van der Waals surface area contributed by atoms with Crippen LogP contribution in [-0.2, 0) is 10.0 Å². The summed E-state index contributed by atoms with van der Waals surface area (Å²) < 4.78 is 39.6. The summed E-state index contributed by atoms with van der Waals surface area (Å²) in [5.41, 5.74) is 2.22. The Bertz CT molecular complexity index is 833. The number of sulfonamides is 1. The fourth-order valence-electron chi connectivity index (χ4n) is 2.03. The van der Waals surface area contributed by atoms with Gasteiger partial charge in [0.05, 0.1) is 4.90 Å². The molecule has 0 fully saturated rings. The normalized spacial score (nSPS) is 11.3. The van der Waals surface area contributed by atoms with Crippen molar-refractivity contribution in [2.24, 2.45) is 0 Å². The minimum atomic E-state index is -3.62. The molecule has 2 N–H and O–H groups in total. The minimum Gasteiger partial charge on any atom is -0.351 e. The smallest absolute Gasteiger partial charge is 0.251 e. The predicted molar refractivity (Wildman–Crippen MR) is 89.8 cm³/mol. The molecule has 0 saturated carbocycles. The quantitative estimate of drug-likeness (QED) is 0.784. The van der Waals surface area contributed by atoms with E-state index in [0.29, 0.717) is 5.56 Å². The first-order valence-corrected chi connectivity index (χ1v) is 8.88. The number of nitrogens with one attached hydrogen (secondary N) is 2. The monoisotopic (exact) mass is 350 g/mol. The summed E-state index contributed by atoms with van der Waals surface area (Å²) in [7, 11) is -3.62. The summed E-state index contributed by atoms with van der Waals surface area (Å²) in [5, 5.41) is 2.57. The first-order chi connectivity index (χ1) is 11.3.